The number of para-hydroxylation sites is 1. The molecule has 0 amide bonds. The van der Waals surface area contributed by atoms with Crippen LogP contribution in [0.1, 0.15) is 28.2 Å². The molecular weight excluding hydrogens is 340 g/mol. The summed E-state index contributed by atoms with van der Waals surface area (Å²) in [4.78, 5) is 0. The lowest BCUT2D eigenvalue weighted by molar-refractivity contribution is 0.510. The van der Waals surface area contributed by atoms with Crippen LogP contribution in [0, 0.1) is 6.92 Å². The molecule has 0 N–H and O–H groups in total. The van der Waals surface area contributed by atoms with Gasteiger partial charge in [0.1, 0.15) is 5.75 Å². The van der Waals surface area contributed by atoms with Crippen LogP contribution in [-0.2, 0) is 0 Å². The van der Waals surface area contributed by atoms with Crippen molar-refractivity contribution in [3.8, 4) is 5.75 Å². The summed E-state index contributed by atoms with van der Waals surface area (Å²) in [5.41, 5.74) is 5.21. The standard InChI is InChI=1S/C24H19ClO/c1-16-12-14-19(15-13-16)24-23(25)17(2)22(18-8-4-3-5-9-18)20-10-6-7-11-21(20)26-24/h3-15,22H,2H2,1H3/t22-/m0/s1. The minimum Gasteiger partial charge on any atom is -0.455 e. The molecule has 0 spiro atoms. The Morgan fingerprint density at radius 3 is 2.23 bits per heavy atom. The van der Waals surface area contributed by atoms with E-state index in [9.17, 15) is 0 Å². The number of aryl methyl sites for hydroxylation is 1. The van der Waals surface area contributed by atoms with Gasteiger partial charge in [0.15, 0.2) is 5.76 Å². The Morgan fingerprint density at radius 2 is 1.50 bits per heavy atom. The highest BCUT2D eigenvalue weighted by Gasteiger charge is 2.29. The van der Waals surface area contributed by atoms with Gasteiger partial charge in [0.25, 0.3) is 0 Å². The van der Waals surface area contributed by atoms with Crippen molar-refractivity contribution in [3.05, 3.63) is 118 Å². The van der Waals surface area contributed by atoms with E-state index >= 15 is 0 Å². The van der Waals surface area contributed by atoms with Gasteiger partial charge in [-0.15, -0.1) is 0 Å². The highest BCUT2D eigenvalue weighted by molar-refractivity contribution is 6.35. The largest absolute Gasteiger partial charge is 0.455 e. The van der Waals surface area contributed by atoms with E-state index in [0.717, 1.165) is 28.0 Å². The number of halogens is 1. The Balaban J connectivity index is 1.91. The summed E-state index contributed by atoms with van der Waals surface area (Å²) in [5, 5.41) is 0.568. The number of allylic oxidation sites excluding steroid dienone is 2. The van der Waals surface area contributed by atoms with Crippen LogP contribution in [0.4, 0.5) is 0 Å². The summed E-state index contributed by atoms with van der Waals surface area (Å²) >= 11 is 6.80. The van der Waals surface area contributed by atoms with Crippen LogP contribution in [0.3, 0.4) is 0 Å². The summed E-state index contributed by atoms with van der Waals surface area (Å²) in [7, 11) is 0. The van der Waals surface area contributed by atoms with Crippen LogP contribution in [0.5, 0.6) is 5.75 Å². The third-order valence-corrected chi connectivity index (χ3v) is 5.13. The normalized spacial score (nSPS) is 16.7. The Hall–Kier alpha value is -2.77. The molecule has 0 radical (unpaired) electrons. The molecule has 1 nitrogen and oxygen atoms in total. The van der Waals surface area contributed by atoms with Crippen molar-refractivity contribution < 1.29 is 4.74 Å². The van der Waals surface area contributed by atoms with Crippen LogP contribution < -0.4 is 4.74 Å². The predicted molar refractivity (Wildman–Crippen MR) is 108 cm³/mol. The topological polar surface area (TPSA) is 9.23 Å². The number of hydrogen-bond acceptors (Lipinski definition) is 1. The van der Waals surface area contributed by atoms with E-state index in [2.05, 4.69) is 43.8 Å². The zero-order chi connectivity index (χ0) is 18.1. The molecule has 1 heterocycles. The van der Waals surface area contributed by atoms with Gasteiger partial charge in [0.05, 0.1) is 5.03 Å². The third kappa shape index (κ3) is 2.95. The molecule has 0 saturated heterocycles. The van der Waals surface area contributed by atoms with Gasteiger partial charge in [-0.25, -0.2) is 0 Å². The zero-order valence-electron chi connectivity index (χ0n) is 14.6. The molecule has 1 atom stereocenters. The molecule has 2 heteroatoms. The molecule has 0 saturated carbocycles. The SMILES string of the molecule is C=C1C(Cl)=C(c2ccc(C)cc2)Oc2ccccc2[C@@H]1c1ccccc1. The van der Waals surface area contributed by atoms with Crippen LogP contribution in [-0.4, -0.2) is 0 Å². The van der Waals surface area contributed by atoms with E-state index in [-0.39, 0.29) is 5.92 Å². The van der Waals surface area contributed by atoms with E-state index in [1.807, 2.05) is 48.5 Å². The first-order valence-corrected chi connectivity index (χ1v) is 9.00. The molecule has 4 rings (SSSR count). The number of hydrogen-bond donors (Lipinski definition) is 0. The molecule has 128 valence electrons. The van der Waals surface area contributed by atoms with Gasteiger partial charge in [-0.3, -0.25) is 0 Å². The molecule has 1 aliphatic heterocycles. The summed E-state index contributed by atoms with van der Waals surface area (Å²) in [5.74, 6) is 1.43. The van der Waals surface area contributed by atoms with Crippen LogP contribution in [0.2, 0.25) is 0 Å². The van der Waals surface area contributed by atoms with Crippen LogP contribution >= 0.6 is 11.6 Å². The Labute approximate surface area is 159 Å². The summed E-state index contributed by atoms with van der Waals surface area (Å²) < 4.78 is 6.30. The fourth-order valence-corrected chi connectivity index (χ4v) is 3.60. The Bertz CT molecular complexity index is 984. The van der Waals surface area contributed by atoms with E-state index in [1.54, 1.807) is 0 Å². The van der Waals surface area contributed by atoms with E-state index in [0.29, 0.717) is 10.8 Å². The number of ether oxygens (including phenoxy) is 1. The highest BCUT2D eigenvalue weighted by atomic mass is 35.5. The first-order valence-electron chi connectivity index (χ1n) is 8.63. The average molecular weight is 359 g/mol. The van der Waals surface area contributed by atoms with Crippen LogP contribution in [0.25, 0.3) is 5.76 Å². The second-order valence-corrected chi connectivity index (χ2v) is 6.90. The van der Waals surface area contributed by atoms with E-state index in [1.165, 1.54) is 5.56 Å². The Morgan fingerprint density at radius 1 is 0.846 bits per heavy atom. The van der Waals surface area contributed by atoms with Crippen molar-refractivity contribution in [1.82, 2.24) is 0 Å². The molecule has 0 bridgehead atoms. The fraction of sp³-hybridized carbons (Fsp3) is 0.0833. The van der Waals surface area contributed by atoms with E-state index in [4.69, 9.17) is 16.3 Å². The minimum atomic E-state index is -0.0390. The van der Waals surface area contributed by atoms with Crippen molar-refractivity contribution in [2.75, 3.05) is 0 Å². The van der Waals surface area contributed by atoms with Gasteiger partial charge in [-0.2, -0.15) is 0 Å². The van der Waals surface area contributed by atoms with Gasteiger partial charge < -0.3 is 4.74 Å². The number of benzene rings is 3. The van der Waals surface area contributed by atoms with Gasteiger partial charge >= 0.3 is 0 Å². The lowest BCUT2D eigenvalue weighted by Crippen LogP contribution is -2.03. The van der Waals surface area contributed by atoms with Crippen LogP contribution in [0.15, 0.2) is 96.0 Å². The lowest BCUT2D eigenvalue weighted by Gasteiger charge is -2.19. The van der Waals surface area contributed by atoms with Crippen molar-refractivity contribution in [3.63, 3.8) is 0 Å². The number of fused-ring (bicyclic) bond motifs is 1. The molecule has 0 aromatic heterocycles. The fourth-order valence-electron chi connectivity index (χ4n) is 3.34. The lowest BCUT2D eigenvalue weighted by atomic mass is 9.85. The maximum absolute atomic E-state index is 6.80. The molecular formula is C24H19ClO. The molecule has 26 heavy (non-hydrogen) atoms. The van der Waals surface area contributed by atoms with Gasteiger partial charge in [-0.05, 0) is 24.1 Å². The highest BCUT2D eigenvalue weighted by Crippen LogP contribution is 2.46. The number of rotatable bonds is 2. The van der Waals surface area contributed by atoms with Crippen molar-refractivity contribution in [2.45, 2.75) is 12.8 Å². The first kappa shape index (κ1) is 16.7. The second kappa shape index (κ2) is 6.86. The molecule has 3 aromatic rings. The third-order valence-electron chi connectivity index (χ3n) is 4.72. The minimum absolute atomic E-state index is 0.0390. The molecule has 0 fully saturated rings. The second-order valence-electron chi connectivity index (χ2n) is 6.52. The Kier molecular flexibility index (Phi) is 4.40. The maximum Gasteiger partial charge on any atom is 0.153 e. The van der Waals surface area contributed by atoms with Gasteiger partial charge in [-0.1, -0.05) is 96.5 Å². The van der Waals surface area contributed by atoms with Crippen molar-refractivity contribution >= 4 is 17.4 Å². The molecule has 3 aromatic carbocycles. The summed E-state index contributed by atoms with van der Waals surface area (Å²) in [6.45, 7) is 6.40. The van der Waals surface area contributed by atoms with Gasteiger partial charge in [0, 0.05) is 17.0 Å². The maximum atomic E-state index is 6.80. The zero-order valence-corrected chi connectivity index (χ0v) is 15.3. The average Bonchev–Trinajstić information content (AvgIpc) is 2.78. The van der Waals surface area contributed by atoms with Crippen molar-refractivity contribution in [2.24, 2.45) is 0 Å². The van der Waals surface area contributed by atoms with E-state index < -0.39 is 0 Å². The molecule has 1 aliphatic rings. The van der Waals surface area contributed by atoms with Gasteiger partial charge in [0.2, 0.25) is 0 Å². The smallest absolute Gasteiger partial charge is 0.153 e. The van der Waals surface area contributed by atoms with Crippen molar-refractivity contribution in [1.29, 1.82) is 0 Å². The molecule has 0 aliphatic carbocycles. The first-order chi connectivity index (χ1) is 12.6. The quantitative estimate of drug-likeness (QED) is 0.496. The monoisotopic (exact) mass is 358 g/mol. The summed E-state index contributed by atoms with van der Waals surface area (Å²) in [6.07, 6.45) is 0. The predicted octanol–water partition coefficient (Wildman–Crippen LogP) is 6.68. The summed E-state index contributed by atoms with van der Waals surface area (Å²) in [6, 6.07) is 26.6. The molecule has 0 unspecified atom stereocenters.